The normalized spacial score (nSPS) is 10.5. The minimum atomic E-state index is 0.931. The first-order chi connectivity index (χ1) is 8.83. The summed E-state index contributed by atoms with van der Waals surface area (Å²) in [6.45, 7) is 2.09. The fraction of sp³-hybridized carbons (Fsp3) is 0.0667. The summed E-state index contributed by atoms with van der Waals surface area (Å²) in [5, 5.41) is 3.04. The van der Waals surface area contributed by atoms with E-state index in [4.69, 9.17) is 0 Å². The predicted molar refractivity (Wildman–Crippen MR) is 75.5 cm³/mol. The first kappa shape index (κ1) is 11.1. The van der Waals surface area contributed by atoms with E-state index in [9.17, 15) is 0 Å². The van der Waals surface area contributed by atoms with Gasteiger partial charge in [-0.3, -0.25) is 4.98 Å². The molecule has 3 aromatic rings. The molecule has 1 aromatic carbocycles. The first-order valence-corrected chi connectivity index (χ1v) is 6.65. The Morgan fingerprint density at radius 3 is 2.50 bits per heavy atom. The molecule has 0 saturated heterocycles. The molecule has 0 spiro atoms. The number of aryl methyl sites for hydroxylation is 1. The first-order valence-electron chi connectivity index (χ1n) is 5.77. The third-order valence-corrected chi connectivity index (χ3v) is 3.60. The molecule has 0 N–H and O–H groups in total. The molecule has 0 atom stereocenters. The highest BCUT2D eigenvalue weighted by atomic mass is 32.1. The Hall–Kier alpha value is -2.00. The van der Waals surface area contributed by atoms with Crippen molar-refractivity contribution in [3.05, 3.63) is 59.6 Å². The van der Waals surface area contributed by atoms with Crippen molar-refractivity contribution in [3.63, 3.8) is 0 Å². The van der Waals surface area contributed by atoms with Gasteiger partial charge in [0.1, 0.15) is 5.01 Å². The van der Waals surface area contributed by atoms with Crippen LogP contribution in [-0.4, -0.2) is 9.97 Å². The molecule has 18 heavy (non-hydrogen) atoms. The third-order valence-electron chi connectivity index (χ3n) is 2.74. The Kier molecular flexibility index (Phi) is 2.90. The molecule has 0 unspecified atom stereocenters. The fourth-order valence-electron chi connectivity index (χ4n) is 1.74. The van der Waals surface area contributed by atoms with Crippen molar-refractivity contribution in [2.45, 2.75) is 6.92 Å². The Labute approximate surface area is 110 Å². The zero-order valence-electron chi connectivity index (χ0n) is 10.00. The van der Waals surface area contributed by atoms with E-state index >= 15 is 0 Å². The second-order valence-corrected chi connectivity index (χ2v) is 4.98. The maximum Gasteiger partial charge on any atom is 0.142 e. The van der Waals surface area contributed by atoms with Crippen molar-refractivity contribution in [1.29, 1.82) is 0 Å². The smallest absolute Gasteiger partial charge is 0.142 e. The number of benzene rings is 1. The number of nitrogens with zero attached hydrogens (tertiary/aromatic N) is 2. The summed E-state index contributed by atoms with van der Waals surface area (Å²) in [6, 6.07) is 14.3. The van der Waals surface area contributed by atoms with E-state index < -0.39 is 0 Å². The highest BCUT2D eigenvalue weighted by Crippen LogP contribution is 2.27. The van der Waals surface area contributed by atoms with Gasteiger partial charge >= 0.3 is 0 Å². The van der Waals surface area contributed by atoms with Gasteiger partial charge in [0.15, 0.2) is 0 Å². The van der Waals surface area contributed by atoms with E-state index in [1.54, 1.807) is 17.5 Å². The molecular formula is C15H12N2S. The summed E-state index contributed by atoms with van der Waals surface area (Å²) in [6.07, 6.45) is 1.79. The van der Waals surface area contributed by atoms with E-state index in [2.05, 4.69) is 46.5 Å². The van der Waals surface area contributed by atoms with Crippen LogP contribution in [0.3, 0.4) is 0 Å². The van der Waals surface area contributed by atoms with Gasteiger partial charge in [0, 0.05) is 17.1 Å². The quantitative estimate of drug-likeness (QED) is 0.683. The summed E-state index contributed by atoms with van der Waals surface area (Å²) < 4.78 is 0. The topological polar surface area (TPSA) is 25.8 Å². The molecule has 3 rings (SSSR count). The molecule has 2 aromatic heterocycles. The van der Waals surface area contributed by atoms with Gasteiger partial charge in [0.05, 0.1) is 11.4 Å². The van der Waals surface area contributed by atoms with E-state index in [0.29, 0.717) is 0 Å². The van der Waals surface area contributed by atoms with Crippen LogP contribution in [0.5, 0.6) is 0 Å². The Bertz CT molecular complexity index is 642. The maximum atomic E-state index is 4.64. The standard InChI is InChI=1S/C15H12N2S/c1-11-5-7-12(8-6-11)14-10-18-15(17-14)13-4-2-3-9-16-13/h2-10H,1H3. The van der Waals surface area contributed by atoms with Crippen LogP contribution >= 0.6 is 11.3 Å². The lowest BCUT2D eigenvalue weighted by Crippen LogP contribution is -1.82. The van der Waals surface area contributed by atoms with Gasteiger partial charge in [0.2, 0.25) is 0 Å². The molecule has 0 radical (unpaired) electrons. The highest BCUT2D eigenvalue weighted by Gasteiger charge is 2.06. The van der Waals surface area contributed by atoms with Crippen molar-refractivity contribution >= 4 is 11.3 Å². The summed E-state index contributed by atoms with van der Waals surface area (Å²) in [5.41, 5.74) is 4.36. The van der Waals surface area contributed by atoms with Crippen molar-refractivity contribution in [2.75, 3.05) is 0 Å². The number of hydrogen-bond donors (Lipinski definition) is 0. The van der Waals surface area contributed by atoms with Crippen molar-refractivity contribution in [2.24, 2.45) is 0 Å². The van der Waals surface area contributed by atoms with Crippen LogP contribution in [-0.2, 0) is 0 Å². The molecule has 0 aliphatic rings. The van der Waals surface area contributed by atoms with Crippen molar-refractivity contribution in [1.82, 2.24) is 9.97 Å². The van der Waals surface area contributed by atoms with Crippen LogP contribution in [0.25, 0.3) is 22.0 Å². The van der Waals surface area contributed by atoms with Crippen molar-refractivity contribution in [3.8, 4) is 22.0 Å². The van der Waals surface area contributed by atoms with Gasteiger partial charge in [-0.1, -0.05) is 35.9 Å². The minimum Gasteiger partial charge on any atom is -0.254 e. The van der Waals surface area contributed by atoms with Crippen LogP contribution in [0.15, 0.2) is 54.0 Å². The Morgan fingerprint density at radius 2 is 1.78 bits per heavy atom. The number of rotatable bonds is 2. The minimum absolute atomic E-state index is 0.931. The molecule has 3 heteroatoms. The van der Waals surface area contributed by atoms with E-state index in [0.717, 1.165) is 22.0 Å². The van der Waals surface area contributed by atoms with Gasteiger partial charge in [-0.05, 0) is 19.1 Å². The van der Waals surface area contributed by atoms with Crippen molar-refractivity contribution < 1.29 is 0 Å². The van der Waals surface area contributed by atoms with Gasteiger partial charge in [0.25, 0.3) is 0 Å². The molecule has 0 bridgehead atoms. The molecule has 0 saturated carbocycles. The van der Waals surface area contributed by atoms with Crippen LogP contribution in [0, 0.1) is 6.92 Å². The summed E-state index contributed by atoms with van der Waals surface area (Å²) >= 11 is 1.63. The van der Waals surface area contributed by atoms with Gasteiger partial charge in [-0.2, -0.15) is 0 Å². The largest absolute Gasteiger partial charge is 0.254 e. The molecule has 0 aliphatic heterocycles. The van der Waals surface area contributed by atoms with E-state index in [1.807, 2.05) is 18.2 Å². The lowest BCUT2D eigenvalue weighted by atomic mass is 10.1. The second-order valence-electron chi connectivity index (χ2n) is 4.12. The SMILES string of the molecule is Cc1ccc(-c2csc(-c3ccccn3)n2)cc1. The van der Waals surface area contributed by atoms with Crippen LogP contribution < -0.4 is 0 Å². The monoisotopic (exact) mass is 252 g/mol. The van der Waals surface area contributed by atoms with Crippen LogP contribution in [0.4, 0.5) is 0 Å². The summed E-state index contributed by atoms with van der Waals surface area (Å²) in [5.74, 6) is 0. The van der Waals surface area contributed by atoms with E-state index in [-0.39, 0.29) is 0 Å². The average Bonchev–Trinajstić information content (AvgIpc) is 2.90. The maximum absolute atomic E-state index is 4.64. The summed E-state index contributed by atoms with van der Waals surface area (Å²) in [4.78, 5) is 8.95. The highest BCUT2D eigenvalue weighted by molar-refractivity contribution is 7.13. The molecule has 2 heterocycles. The second kappa shape index (κ2) is 4.70. The molecule has 0 aliphatic carbocycles. The number of thiazole rings is 1. The van der Waals surface area contributed by atoms with Gasteiger partial charge in [-0.15, -0.1) is 11.3 Å². The Morgan fingerprint density at radius 1 is 0.944 bits per heavy atom. The van der Waals surface area contributed by atoms with Gasteiger partial charge < -0.3 is 0 Å². The molecule has 0 fully saturated rings. The number of pyridine rings is 1. The zero-order chi connectivity index (χ0) is 12.4. The van der Waals surface area contributed by atoms with Crippen LogP contribution in [0.2, 0.25) is 0 Å². The molecular weight excluding hydrogens is 240 g/mol. The predicted octanol–water partition coefficient (Wildman–Crippen LogP) is 4.18. The summed E-state index contributed by atoms with van der Waals surface area (Å²) in [7, 11) is 0. The molecule has 2 nitrogen and oxygen atoms in total. The van der Waals surface area contributed by atoms with Gasteiger partial charge in [-0.25, -0.2) is 4.98 Å². The number of hydrogen-bond acceptors (Lipinski definition) is 3. The third kappa shape index (κ3) is 2.17. The van der Waals surface area contributed by atoms with Crippen LogP contribution in [0.1, 0.15) is 5.56 Å². The lowest BCUT2D eigenvalue weighted by molar-refractivity contribution is 1.29. The molecule has 88 valence electrons. The van der Waals surface area contributed by atoms with E-state index in [1.165, 1.54) is 5.56 Å². The Balaban J connectivity index is 1.97. The number of aromatic nitrogens is 2. The molecule has 0 amide bonds. The zero-order valence-corrected chi connectivity index (χ0v) is 10.8. The lowest BCUT2D eigenvalue weighted by Gasteiger charge is -1.97. The fourth-order valence-corrected chi connectivity index (χ4v) is 2.54. The average molecular weight is 252 g/mol.